The molecule has 1 aromatic carbocycles. The van der Waals surface area contributed by atoms with Crippen LogP contribution in [0.15, 0.2) is 34.9 Å². The van der Waals surface area contributed by atoms with E-state index in [4.69, 9.17) is 4.52 Å². The van der Waals surface area contributed by atoms with Gasteiger partial charge in [0, 0.05) is 44.5 Å². The van der Waals surface area contributed by atoms with Gasteiger partial charge in [0.15, 0.2) is 0 Å². The first-order chi connectivity index (χ1) is 13.0. The van der Waals surface area contributed by atoms with Crippen molar-refractivity contribution >= 4 is 11.6 Å². The van der Waals surface area contributed by atoms with Crippen molar-refractivity contribution in [2.75, 3.05) is 38.0 Å². The number of hydrogen-bond acceptors (Lipinski definition) is 5. The minimum atomic E-state index is 0.0480. The molecule has 1 saturated heterocycles. The van der Waals surface area contributed by atoms with E-state index in [0.717, 1.165) is 56.3 Å². The molecule has 27 heavy (non-hydrogen) atoms. The van der Waals surface area contributed by atoms with Crippen LogP contribution < -0.4 is 5.32 Å². The summed E-state index contributed by atoms with van der Waals surface area (Å²) in [5.41, 5.74) is 3.15. The second-order valence-electron chi connectivity index (χ2n) is 7.46. The largest absolute Gasteiger partial charge is 0.361 e. The molecule has 1 amide bonds. The van der Waals surface area contributed by atoms with Crippen LogP contribution in [0.3, 0.4) is 0 Å². The van der Waals surface area contributed by atoms with Gasteiger partial charge in [-0.25, -0.2) is 0 Å². The van der Waals surface area contributed by atoms with Crippen molar-refractivity contribution in [2.45, 2.75) is 39.7 Å². The van der Waals surface area contributed by atoms with Crippen molar-refractivity contribution in [1.82, 2.24) is 15.0 Å². The molecule has 0 bridgehead atoms. The zero-order valence-electron chi connectivity index (χ0n) is 16.6. The highest BCUT2D eigenvalue weighted by Gasteiger charge is 2.20. The van der Waals surface area contributed by atoms with Crippen molar-refractivity contribution in [3.8, 4) is 0 Å². The Morgan fingerprint density at radius 3 is 2.44 bits per heavy atom. The number of piperazine rings is 1. The summed E-state index contributed by atoms with van der Waals surface area (Å²) >= 11 is 0. The number of carbonyl (C=O) groups is 1. The first-order valence-electron chi connectivity index (χ1n) is 9.80. The van der Waals surface area contributed by atoms with E-state index in [1.165, 1.54) is 5.56 Å². The Balaban J connectivity index is 1.41. The number of nitrogens with zero attached hydrogens (tertiary/aromatic N) is 3. The molecule has 146 valence electrons. The predicted molar refractivity (Wildman–Crippen MR) is 107 cm³/mol. The molecule has 0 radical (unpaired) electrons. The molecular weight excluding hydrogens is 340 g/mol. The number of aryl methyl sites for hydroxylation is 1. The molecule has 1 N–H and O–H groups in total. The van der Waals surface area contributed by atoms with Gasteiger partial charge >= 0.3 is 0 Å². The summed E-state index contributed by atoms with van der Waals surface area (Å²) in [7, 11) is 0. The highest BCUT2D eigenvalue weighted by Crippen LogP contribution is 2.20. The number of carbonyl (C=O) groups excluding carboxylic acids is 1. The Kier molecular flexibility index (Phi) is 6.63. The highest BCUT2D eigenvalue weighted by molar-refractivity contribution is 5.92. The maximum atomic E-state index is 12.3. The SMILES string of the molecule is CC[C@@H](C)c1ccc(NC(=O)CN2CCN(Cc3cc(C)on3)CC2)cc1. The van der Waals surface area contributed by atoms with Gasteiger partial charge in [0.2, 0.25) is 5.91 Å². The van der Waals surface area contributed by atoms with Gasteiger partial charge in [0.05, 0.1) is 12.2 Å². The number of nitrogens with one attached hydrogen (secondary N) is 1. The zero-order chi connectivity index (χ0) is 19.2. The maximum Gasteiger partial charge on any atom is 0.238 e. The van der Waals surface area contributed by atoms with Gasteiger partial charge < -0.3 is 9.84 Å². The molecule has 3 rings (SSSR count). The Bertz CT molecular complexity index is 733. The van der Waals surface area contributed by atoms with Gasteiger partial charge in [-0.1, -0.05) is 31.1 Å². The molecule has 6 nitrogen and oxygen atoms in total. The fourth-order valence-corrected chi connectivity index (χ4v) is 3.36. The van der Waals surface area contributed by atoms with Crippen molar-refractivity contribution < 1.29 is 9.32 Å². The molecule has 0 saturated carbocycles. The molecule has 0 aliphatic carbocycles. The van der Waals surface area contributed by atoms with Gasteiger partial charge in [0.25, 0.3) is 0 Å². The first kappa shape index (κ1) is 19.6. The number of benzene rings is 1. The van der Waals surface area contributed by atoms with Crippen LogP contribution in [0.25, 0.3) is 0 Å². The Hall–Kier alpha value is -2.18. The van der Waals surface area contributed by atoms with Crippen molar-refractivity contribution in [1.29, 1.82) is 0 Å². The van der Waals surface area contributed by atoms with Crippen LogP contribution in [0.2, 0.25) is 0 Å². The molecule has 1 aliphatic rings. The summed E-state index contributed by atoms with van der Waals surface area (Å²) in [6.45, 7) is 11.2. The summed E-state index contributed by atoms with van der Waals surface area (Å²) in [5.74, 6) is 1.44. The van der Waals surface area contributed by atoms with E-state index < -0.39 is 0 Å². The molecule has 1 aliphatic heterocycles. The Morgan fingerprint density at radius 2 is 1.85 bits per heavy atom. The van der Waals surface area contributed by atoms with Gasteiger partial charge in [-0.15, -0.1) is 0 Å². The van der Waals surface area contributed by atoms with E-state index in [0.29, 0.717) is 12.5 Å². The maximum absolute atomic E-state index is 12.3. The average molecular weight is 370 g/mol. The number of aromatic nitrogens is 1. The summed E-state index contributed by atoms with van der Waals surface area (Å²) < 4.78 is 5.12. The van der Waals surface area contributed by atoms with E-state index in [2.05, 4.69) is 46.3 Å². The van der Waals surface area contributed by atoms with Crippen molar-refractivity contribution in [3.63, 3.8) is 0 Å². The predicted octanol–water partition coefficient (Wildman–Crippen LogP) is 3.25. The lowest BCUT2D eigenvalue weighted by molar-refractivity contribution is -0.117. The molecule has 1 fully saturated rings. The van der Waals surface area contributed by atoms with Crippen LogP contribution in [-0.4, -0.2) is 53.6 Å². The van der Waals surface area contributed by atoms with Crippen LogP contribution in [0.1, 0.15) is 43.2 Å². The van der Waals surface area contributed by atoms with Crippen LogP contribution in [0.5, 0.6) is 0 Å². The lowest BCUT2D eigenvalue weighted by atomic mass is 9.99. The standard InChI is InChI=1S/C21H30N4O2/c1-4-16(2)18-5-7-19(8-6-18)22-21(26)15-25-11-9-24(10-12-25)14-20-13-17(3)27-23-20/h5-8,13,16H,4,9-12,14-15H2,1-3H3,(H,22,26)/t16-/m1/s1. The fraction of sp³-hybridized carbons (Fsp3) is 0.524. The summed E-state index contributed by atoms with van der Waals surface area (Å²) in [6.07, 6.45) is 1.12. The smallest absolute Gasteiger partial charge is 0.238 e. The van der Waals surface area contributed by atoms with Crippen LogP contribution in [-0.2, 0) is 11.3 Å². The zero-order valence-corrected chi connectivity index (χ0v) is 16.6. The highest BCUT2D eigenvalue weighted by atomic mass is 16.5. The van der Waals surface area contributed by atoms with E-state index in [9.17, 15) is 4.79 Å². The minimum Gasteiger partial charge on any atom is -0.361 e. The minimum absolute atomic E-state index is 0.0480. The third-order valence-electron chi connectivity index (χ3n) is 5.27. The van der Waals surface area contributed by atoms with Gasteiger partial charge in [-0.3, -0.25) is 14.6 Å². The van der Waals surface area contributed by atoms with E-state index in [-0.39, 0.29) is 5.91 Å². The van der Waals surface area contributed by atoms with Crippen LogP contribution >= 0.6 is 0 Å². The lowest BCUT2D eigenvalue weighted by Gasteiger charge is -2.33. The second kappa shape index (κ2) is 9.15. The van der Waals surface area contributed by atoms with E-state index in [1.807, 2.05) is 25.1 Å². The molecule has 1 aromatic heterocycles. The van der Waals surface area contributed by atoms with Crippen LogP contribution in [0.4, 0.5) is 5.69 Å². The van der Waals surface area contributed by atoms with E-state index >= 15 is 0 Å². The quantitative estimate of drug-likeness (QED) is 0.811. The third-order valence-corrected chi connectivity index (χ3v) is 5.27. The number of rotatable bonds is 7. The molecule has 2 aromatic rings. The summed E-state index contributed by atoms with van der Waals surface area (Å²) in [4.78, 5) is 16.9. The number of hydrogen-bond donors (Lipinski definition) is 1. The average Bonchev–Trinajstić information content (AvgIpc) is 3.08. The van der Waals surface area contributed by atoms with Crippen LogP contribution in [0, 0.1) is 6.92 Å². The number of amides is 1. The molecule has 1 atom stereocenters. The first-order valence-corrected chi connectivity index (χ1v) is 9.80. The second-order valence-corrected chi connectivity index (χ2v) is 7.46. The third kappa shape index (κ3) is 5.65. The lowest BCUT2D eigenvalue weighted by Crippen LogP contribution is -2.48. The molecular formula is C21H30N4O2. The van der Waals surface area contributed by atoms with Crippen molar-refractivity contribution in [2.24, 2.45) is 0 Å². The molecule has 0 spiro atoms. The van der Waals surface area contributed by atoms with Gasteiger partial charge in [-0.2, -0.15) is 0 Å². The summed E-state index contributed by atoms with van der Waals surface area (Å²) in [5, 5.41) is 7.06. The Morgan fingerprint density at radius 1 is 1.19 bits per heavy atom. The molecule has 6 heteroatoms. The normalized spacial score (nSPS) is 17.0. The number of anilines is 1. The Labute approximate surface area is 161 Å². The van der Waals surface area contributed by atoms with Crippen molar-refractivity contribution in [3.05, 3.63) is 47.3 Å². The summed E-state index contributed by atoms with van der Waals surface area (Å²) in [6, 6.07) is 10.2. The van der Waals surface area contributed by atoms with Gasteiger partial charge in [0.1, 0.15) is 5.76 Å². The fourth-order valence-electron chi connectivity index (χ4n) is 3.36. The monoisotopic (exact) mass is 370 g/mol. The molecule has 0 unspecified atom stereocenters. The van der Waals surface area contributed by atoms with Gasteiger partial charge in [-0.05, 0) is 37.0 Å². The van der Waals surface area contributed by atoms with E-state index in [1.54, 1.807) is 0 Å². The topological polar surface area (TPSA) is 61.6 Å². The molecule has 2 heterocycles.